The molecule has 1 aromatic rings. The Morgan fingerprint density at radius 2 is 2.37 bits per heavy atom. The number of nitrogens with one attached hydrogen (secondary N) is 2. The van der Waals surface area contributed by atoms with Gasteiger partial charge in [-0.15, -0.1) is 0 Å². The monoisotopic (exact) mass is 265 g/mol. The molecule has 102 valence electrons. The highest BCUT2D eigenvalue weighted by atomic mass is 16.6. The van der Waals surface area contributed by atoms with E-state index in [0.29, 0.717) is 11.4 Å². The largest absolute Gasteiger partial charge is 0.495 e. The van der Waals surface area contributed by atoms with Crippen molar-refractivity contribution in [2.45, 2.75) is 18.9 Å². The van der Waals surface area contributed by atoms with E-state index < -0.39 is 4.92 Å². The summed E-state index contributed by atoms with van der Waals surface area (Å²) in [6.07, 6.45) is 1.72. The lowest BCUT2D eigenvalue weighted by Gasteiger charge is -2.13. The zero-order chi connectivity index (χ0) is 13.8. The fraction of sp³-hybridized carbons (Fsp3) is 0.417. The van der Waals surface area contributed by atoms with Crippen LogP contribution in [0.25, 0.3) is 0 Å². The minimum atomic E-state index is -0.511. The molecule has 2 rings (SSSR count). The van der Waals surface area contributed by atoms with Gasteiger partial charge in [0.2, 0.25) is 5.91 Å². The van der Waals surface area contributed by atoms with Crippen LogP contribution in [-0.4, -0.2) is 30.5 Å². The quantitative estimate of drug-likeness (QED) is 0.632. The summed E-state index contributed by atoms with van der Waals surface area (Å²) in [6, 6.07) is 3.85. The Hall–Kier alpha value is -2.15. The van der Waals surface area contributed by atoms with E-state index in [1.807, 2.05) is 0 Å². The Labute approximate surface area is 110 Å². The number of ether oxygens (including phenoxy) is 1. The molecule has 1 heterocycles. The summed E-state index contributed by atoms with van der Waals surface area (Å²) in [7, 11) is 1.45. The first-order valence-corrected chi connectivity index (χ1v) is 5.98. The normalized spacial score (nSPS) is 18.1. The summed E-state index contributed by atoms with van der Waals surface area (Å²) in [5.74, 6) is 0.202. The number of hydrogen-bond acceptors (Lipinski definition) is 5. The summed E-state index contributed by atoms with van der Waals surface area (Å²) in [4.78, 5) is 22.2. The highest BCUT2D eigenvalue weighted by Gasteiger charge is 2.23. The van der Waals surface area contributed by atoms with Crippen molar-refractivity contribution in [1.82, 2.24) is 5.32 Å². The van der Waals surface area contributed by atoms with Gasteiger partial charge in [-0.1, -0.05) is 0 Å². The molecule has 1 amide bonds. The highest BCUT2D eigenvalue weighted by Crippen LogP contribution is 2.29. The predicted octanol–water partition coefficient (Wildman–Crippen LogP) is 1.29. The topological polar surface area (TPSA) is 93.5 Å². The number of hydrogen-bond donors (Lipinski definition) is 2. The fourth-order valence-electron chi connectivity index (χ4n) is 2.04. The van der Waals surface area contributed by atoms with Gasteiger partial charge in [-0.2, -0.15) is 0 Å². The fourth-order valence-corrected chi connectivity index (χ4v) is 2.04. The number of rotatable bonds is 4. The number of carbonyl (C=O) groups is 1. The molecule has 0 saturated carbocycles. The van der Waals surface area contributed by atoms with Crippen molar-refractivity contribution in [3.8, 4) is 5.75 Å². The Morgan fingerprint density at radius 1 is 1.58 bits per heavy atom. The second kappa shape index (κ2) is 5.66. The molecule has 7 heteroatoms. The molecule has 1 saturated heterocycles. The lowest BCUT2D eigenvalue weighted by atomic mass is 10.2. The number of anilines is 1. The molecular formula is C12H15N3O4. The molecule has 1 fully saturated rings. The van der Waals surface area contributed by atoms with Gasteiger partial charge in [0.15, 0.2) is 0 Å². The number of carbonyl (C=O) groups excluding carboxylic acids is 1. The van der Waals surface area contributed by atoms with E-state index in [-0.39, 0.29) is 17.6 Å². The Bertz CT molecular complexity index is 498. The van der Waals surface area contributed by atoms with Gasteiger partial charge in [0.1, 0.15) is 5.75 Å². The zero-order valence-electron chi connectivity index (χ0n) is 10.5. The second-order valence-electron chi connectivity index (χ2n) is 4.28. The number of non-ortho nitro benzene ring substituents is 1. The van der Waals surface area contributed by atoms with Crippen molar-refractivity contribution in [1.29, 1.82) is 0 Å². The van der Waals surface area contributed by atoms with E-state index in [2.05, 4.69) is 10.6 Å². The molecular weight excluding hydrogens is 250 g/mol. The van der Waals surface area contributed by atoms with Crippen LogP contribution in [0.15, 0.2) is 18.2 Å². The molecule has 1 aromatic carbocycles. The van der Waals surface area contributed by atoms with Crippen LogP contribution in [0, 0.1) is 10.1 Å². The van der Waals surface area contributed by atoms with Gasteiger partial charge in [0.25, 0.3) is 5.69 Å². The van der Waals surface area contributed by atoms with Crippen molar-refractivity contribution in [3.05, 3.63) is 28.3 Å². The van der Waals surface area contributed by atoms with Crippen LogP contribution in [0.2, 0.25) is 0 Å². The predicted molar refractivity (Wildman–Crippen MR) is 69.3 cm³/mol. The average molecular weight is 265 g/mol. The van der Waals surface area contributed by atoms with Crippen molar-refractivity contribution in [2.75, 3.05) is 19.0 Å². The smallest absolute Gasteiger partial charge is 0.271 e. The van der Waals surface area contributed by atoms with Gasteiger partial charge in [-0.25, -0.2) is 0 Å². The number of nitro groups is 1. The third-order valence-corrected chi connectivity index (χ3v) is 3.03. The molecule has 0 aliphatic carbocycles. The lowest BCUT2D eigenvalue weighted by Crippen LogP contribution is -2.35. The van der Waals surface area contributed by atoms with Gasteiger partial charge >= 0.3 is 0 Å². The Kier molecular flexibility index (Phi) is 3.96. The number of nitro benzene ring substituents is 1. The lowest BCUT2D eigenvalue weighted by molar-refractivity contribution is -0.384. The van der Waals surface area contributed by atoms with Crippen molar-refractivity contribution in [2.24, 2.45) is 0 Å². The van der Waals surface area contributed by atoms with Crippen LogP contribution < -0.4 is 15.4 Å². The van der Waals surface area contributed by atoms with E-state index in [1.54, 1.807) is 0 Å². The van der Waals surface area contributed by atoms with E-state index in [9.17, 15) is 14.9 Å². The number of nitrogens with zero attached hydrogens (tertiary/aromatic N) is 1. The van der Waals surface area contributed by atoms with E-state index in [1.165, 1.54) is 25.3 Å². The molecule has 2 N–H and O–H groups in total. The third-order valence-electron chi connectivity index (χ3n) is 3.03. The maximum atomic E-state index is 12.0. The first-order valence-electron chi connectivity index (χ1n) is 5.98. The molecule has 0 unspecified atom stereocenters. The van der Waals surface area contributed by atoms with Crippen molar-refractivity contribution < 1.29 is 14.5 Å². The third kappa shape index (κ3) is 3.00. The Morgan fingerprint density at radius 3 is 2.95 bits per heavy atom. The van der Waals surface area contributed by atoms with E-state index in [4.69, 9.17) is 4.74 Å². The minimum Gasteiger partial charge on any atom is -0.495 e. The van der Waals surface area contributed by atoms with Gasteiger partial charge < -0.3 is 15.4 Å². The molecule has 1 aliphatic heterocycles. The molecule has 0 bridgehead atoms. The minimum absolute atomic E-state index is 0.0875. The van der Waals surface area contributed by atoms with Crippen LogP contribution in [0.1, 0.15) is 12.8 Å². The number of amides is 1. The molecule has 1 atom stereocenters. The van der Waals surface area contributed by atoms with E-state index in [0.717, 1.165) is 19.4 Å². The molecule has 0 aromatic heterocycles. The van der Waals surface area contributed by atoms with Gasteiger partial charge in [-0.3, -0.25) is 14.9 Å². The van der Waals surface area contributed by atoms with Crippen LogP contribution in [0.4, 0.5) is 11.4 Å². The van der Waals surface area contributed by atoms with Gasteiger partial charge in [-0.05, 0) is 25.5 Å². The zero-order valence-corrected chi connectivity index (χ0v) is 10.5. The molecule has 0 spiro atoms. The molecule has 1 aliphatic rings. The standard InChI is InChI=1S/C12H15N3O4/c1-19-11-5-4-8(15(17)18)7-10(11)14-12(16)9-3-2-6-13-9/h4-5,7,9,13H,2-3,6H2,1H3,(H,14,16)/t9-/m0/s1. The van der Waals surface area contributed by atoms with Gasteiger partial charge in [0.05, 0.1) is 23.8 Å². The SMILES string of the molecule is COc1ccc([N+](=O)[O-])cc1NC(=O)[C@@H]1CCCN1. The van der Waals surface area contributed by atoms with Crippen molar-refractivity contribution in [3.63, 3.8) is 0 Å². The van der Waals surface area contributed by atoms with Gasteiger partial charge in [0, 0.05) is 12.1 Å². The molecule has 19 heavy (non-hydrogen) atoms. The number of benzene rings is 1. The molecule has 7 nitrogen and oxygen atoms in total. The first kappa shape index (κ1) is 13.3. The molecule has 0 radical (unpaired) electrons. The maximum Gasteiger partial charge on any atom is 0.271 e. The van der Waals surface area contributed by atoms with E-state index >= 15 is 0 Å². The number of methoxy groups -OCH3 is 1. The summed E-state index contributed by atoms with van der Waals surface area (Å²) >= 11 is 0. The Balaban J connectivity index is 2.19. The average Bonchev–Trinajstić information content (AvgIpc) is 2.92. The summed E-state index contributed by atoms with van der Waals surface area (Å²) in [6.45, 7) is 0.810. The first-order chi connectivity index (χ1) is 9.11. The maximum absolute atomic E-state index is 12.0. The summed E-state index contributed by atoms with van der Waals surface area (Å²) in [5.41, 5.74) is 0.228. The highest BCUT2D eigenvalue weighted by molar-refractivity contribution is 5.96. The van der Waals surface area contributed by atoms with Crippen LogP contribution in [0.3, 0.4) is 0 Å². The second-order valence-corrected chi connectivity index (χ2v) is 4.28. The van der Waals surface area contributed by atoms with Crippen LogP contribution >= 0.6 is 0 Å². The summed E-state index contributed by atoms with van der Waals surface area (Å²) < 4.78 is 5.09. The van der Waals surface area contributed by atoms with Crippen LogP contribution in [0.5, 0.6) is 5.75 Å². The van der Waals surface area contributed by atoms with Crippen LogP contribution in [-0.2, 0) is 4.79 Å². The van der Waals surface area contributed by atoms with Crippen molar-refractivity contribution >= 4 is 17.3 Å². The summed E-state index contributed by atoms with van der Waals surface area (Å²) in [5, 5.41) is 16.5.